The number of aromatic nitrogens is 1. The van der Waals surface area contributed by atoms with E-state index in [1.54, 1.807) is 0 Å². The van der Waals surface area contributed by atoms with Crippen LogP contribution in [0.3, 0.4) is 0 Å². The number of carbonyl (C=O) groups is 1. The summed E-state index contributed by atoms with van der Waals surface area (Å²) >= 11 is 5.36. The molecule has 0 saturated heterocycles. The van der Waals surface area contributed by atoms with Crippen LogP contribution in [0, 0.1) is 0 Å². The average Bonchev–Trinajstić information content (AvgIpc) is 2.38. The van der Waals surface area contributed by atoms with Gasteiger partial charge in [-0.25, -0.2) is 0 Å². The van der Waals surface area contributed by atoms with Crippen molar-refractivity contribution in [3.05, 3.63) is 33.7 Å². The Morgan fingerprint density at radius 2 is 2.00 bits per heavy atom. The Morgan fingerprint density at radius 3 is 2.55 bits per heavy atom. The zero-order chi connectivity index (χ0) is 15.1. The van der Waals surface area contributed by atoms with Gasteiger partial charge in [0, 0.05) is 24.2 Å². The van der Waals surface area contributed by atoms with Crippen LogP contribution >= 0.6 is 11.6 Å². The zero-order valence-electron chi connectivity index (χ0n) is 12.6. The summed E-state index contributed by atoms with van der Waals surface area (Å²) < 4.78 is 1.87. The standard InChI is InChI=1S/C16H24ClNO2/c1-4-5-6-11-18-14(12(2)3)9-7-13(16(18)20)8-10-15(17)19/h7,9,12H,4-6,8,10-11H2,1-3H3. The molecule has 4 heteroatoms. The molecular weight excluding hydrogens is 274 g/mol. The predicted molar refractivity (Wildman–Crippen MR) is 83.5 cm³/mol. The van der Waals surface area contributed by atoms with Crippen molar-refractivity contribution in [1.82, 2.24) is 4.57 Å². The molecule has 0 radical (unpaired) electrons. The topological polar surface area (TPSA) is 39.1 Å². The summed E-state index contributed by atoms with van der Waals surface area (Å²) in [5.41, 5.74) is 1.78. The minimum Gasteiger partial charge on any atom is -0.312 e. The van der Waals surface area contributed by atoms with Gasteiger partial charge in [0.2, 0.25) is 5.24 Å². The second-order valence-corrected chi connectivity index (χ2v) is 5.88. The van der Waals surface area contributed by atoms with Crippen molar-refractivity contribution in [2.45, 2.75) is 65.3 Å². The predicted octanol–water partition coefficient (Wildman–Crippen LogP) is 3.86. The second-order valence-electron chi connectivity index (χ2n) is 5.46. The number of pyridine rings is 1. The molecule has 1 aromatic rings. The molecule has 0 spiro atoms. The molecule has 3 nitrogen and oxygen atoms in total. The smallest absolute Gasteiger partial charge is 0.253 e. The van der Waals surface area contributed by atoms with Gasteiger partial charge >= 0.3 is 0 Å². The number of unbranched alkanes of at least 4 members (excludes halogenated alkanes) is 2. The van der Waals surface area contributed by atoms with Crippen molar-refractivity contribution in [3.63, 3.8) is 0 Å². The number of rotatable bonds is 8. The van der Waals surface area contributed by atoms with Crippen LogP contribution in [-0.2, 0) is 17.8 Å². The van der Waals surface area contributed by atoms with E-state index in [4.69, 9.17) is 11.6 Å². The number of hydrogen-bond donors (Lipinski definition) is 0. The molecule has 1 rings (SSSR count). The van der Waals surface area contributed by atoms with Crippen molar-refractivity contribution < 1.29 is 4.79 Å². The van der Waals surface area contributed by atoms with Crippen LogP contribution in [0.1, 0.15) is 63.6 Å². The van der Waals surface area contributed by atoms with Crippen LogP contribution in [-0.4, -0.2) is 9.81 Å². The number of halogens is 1. The van der Waals surface area contributed by atoms with Gasteiger partial charge in [-0.15, -0.1) is 0 Å². The molecule has 0 aliphatic rings. The molecule has 0 bridgehead atoms. The maximum absolute atomic E-state index is 12.5. The van der Waals surface area contributed by atoms with Gasteiger partial charge < -0.3 is 4.57 Å². The molecule has 0 aliphatic heterocycles. The maximum Gasteiger partial charge on any atom is 0.253 e. The Morgan fingerprint density at radius 1 is 1.30 bits per heavy atom. The maximum atomic E-state index is 12.5. The summed E-state index contributed by atoms with van der Waals surface area (Å²) in [4.78, 5) is 23.4. The highest BCUT2D eigenvalue weighted by Crippen LogP contribution is 2.15. The number of aryl methyl sites for hydroxylation is 1. The van der Waals surface area contributed by atoms with Gasteiger partial charge in [0.1, 0.15) is 0 Å². The van der Waals surface area contributed by atoms with Crippen molar-refractivity contribution in [1.29, 1.82) is 0 Å². The van der Waals surface area contributed by atoms with E-state index in [9.17, 15) is 9.59 Å². The molecule has 1 heterocycles. The van der Waals surface area contributed by atoms with Gasteiger partial charge in [0.05, 0.1) is 0 Å². The summed E-state index contributed by atoms with van der Waals surface area (Å²) in [6, 6.07) is 3.85. The molecular formula is C16H24ClNO2. The first-order chi connectivity index (χ1) is 9.47. The summed E-state index contributed by atoms with van der Waals surface area (Å²) in [6.07, 6.45) is 3.90. The van der Waals surface area contributed by atoms with Crippen LogP contribution in [0.2, 0.25) is 0 Å². The van der Waals surface area contributed by atoms with Gasteiger partial charge in [0.25, 0.3) is 5.56 Å². The molecule has 0 fully saturated rings. The lowest BCUT2D eigenvalue weighted by Crippen LogP contribution is -2.27. The first-order valence-corrected chi connectivity index (χ1v) is 7.76. The van der Waals surface area contributed by atoms with Crippen LogP contribution in [0.25, 0.3) is 0 Å². The van der Waals surface area contributed by atoms with Gasteiger partial charge in [-0.1, -0.05) is 39.7 Å². The summed E-state index contributed by atoms with van der Waals surface area (Å²) in [6.45, 7) is 7.08. The molecule has 0 unspecified atom stereocenters. The fraction of sp³-hybridized carbons (Fsp3) is 0.625. The van der Waals surface area contributed by atoms with Gasteiger partial charge in [-0.3, -0.25) is 9.59 Å². The molecule has 0 aromatic carbocycles. The quantitative estimate of drug-likeness (QED) is 0.540. The SMILES string of the molecule is CCCCCn1c(C(C)C)ccc(CCC(=O)Cl)c1=O. The van der Waals surface area contributed by atoms with E-state index >= 15 is 0 Å². The average molecular weight is 298 g/mol. The van der Waals surface area contributed by atoms with E-state index in [1.807, 2.05) is 16.7 Å². The number of hydrogen-bond acceptors (Lipinski definition) is 2. The van der Waals surface area contributed by atoms with Gasteiger partial charge in [-0.2, -0.15) is 0 Å². The van der Waals surface area contributed by atoms with Gasteiger partial charge in [0.15, 0.2) is 0 Å². The van der Waals surface area contributed by atoms with E-state index in [-0.39, 0.29) is 12.0 Å². The lowest BCUT2D eigenvalue weighted by atomic mass is 10.1. The summed E-state index contributed by atoms with van der Waals surface area (Å²) in [5.74, 6) is 0.313. The van der Waals surface area contributed by atoms with Crippen LogP contribution in [0.4, 0.5) is 0 Å². The lowest BCUT2D eigenvalue weighted by molar-refractivity contribution is -0.111. The monoisotopic (exact) mass is 297 g/mol. The lowest BCUT2D eigenvalue weighted by Gasteiger charge is -2.17. The van der Waals surface area contributed by atoms with Crippen molar-refractivity contribution in [2.24, 2.45) is 0 Å². The number of carbonyl (C=O) groups excluding carboxylic acids is 1. The summed E-state index contributed by atoms with van der Waals surface area (Å²) in [7, 11) is 0. The fourth-order valence-corrected chi connectivity index (χ4v) is 2.41. The first-order valence-electron chi connectivity index (χ1n) is 7.38. The van der Waals surface area contributed by atoms with Crippen molar-refractivity contribution in [2.75, 3.05) is 0 Å². The van der Waals surface area contributed by atoms with Crippen LogP contribution in [0.5, 0.6) is 0 Å². The van der Waals surface area contributed by atoms with E-state index in [2.05, 4.69) is 20.8 Å². The third-order valence-electron chi connectivity index (χ3n) is 3.45. The Kier molecular flexibility index (Phi) is 7.00. The normalized spacial score (nSPS) is 11.1. The number of nitrogens with zero attached hydrogens (tertiary/aromatic N) is 1. The molecule has 0 saturated carbocycles. The Hall–Kier alpha value is -1.09. The van der Waals surface area contributed by atoms with Crippen molar-refractivity contribution >= 4 is 16.8 Å². The molecule has 0 aliphatic carbocycles. The molecule has 0 amide bonds. The van der Waals surface area contributed by atoms with E-state index < -0.39 is 5.24 Å². The molecule has 112 valence electrons. The highest BCUT2D eigenvalue weighted by Gasteiger charge is 2.12. The minimum atomic E-state index is -0.394. The van der Waals surface area contributed by atoms with Crippen LogP contribution in [0.15, 0.2) is 16.9 Å². The van der Waals surface area contributed by atoms with E-state index in [1.165, 1.54) is 0 Å². The molecule has 20 heavy (non-hydrogen) atoms. The fourth-order valence-electron chi connectivity index (χ4n) is 2.32. The second kappa shape index (κ2) is 8.25. The molecule has 1 aromatic heterocycles. The Balaban J connectivity index is 3.03. The van der Waals surface area contributed by atoms with Crippen LogP contribution < -0.4 is 5.56 Å². The third-order valence-corrected chi connectivity index (χ3v) is 3.64. The largest absolute Gasteiger partial charge is 0.312 e. The molecule has 0 N–H and O–H groups in total. The van der Waals surface area contributed by atoms with Crippen molar-refractivity contribution in [3.8, 4) is 0 Å². The zero-order valence-corrected chi connectivity index (χ0v) is 13.4. The minimum absolute atomic E-state index is 0.0326. The summed E-state index contributed by atoms with van der Waals surface area (Å²) in [5, 5.41) is -0.394. The Labute approximate surface area is 126 Å². The first kappa shape index (κ1) is 17.0. The highest BCUT2D eigenvalue weighted by molar-refractivity contribution is 6.63. The Bertz CT molecular complexity index is 506. The third kappa shape index (κ3) is 4.78. The van der Waals surface area contributed by atoms with E-state index in [0.29, 0.717) is 17.9 Å². The van der Waals surface area contributed by atoms with Gasteiger partial charge in [-0.05, 0) is 36.4 Å². The van der Waals surface area contributed by atoms with E-state index in [0.717, 1.165) is 31.5 Å². The highest BCUT2D eigenvalue weighted by atomic mass is 35.5. The molecule has 0 atom stereocenters.